The van der Waals surface area contributed by atoms with Gasteiger partial charge in [-0.05, 0) is 46.7 Å². The van der Waals surface area contributed by atoms with Crippen molar-refractivity contribution in [3.8, 4) is 0 Å². The molecular weight excluding hydrogens is 224 g/mol. The Bertz CT molecular complexity index is 364. The van der Waals surface area contributed by atoms with Crippen LogP contribution >= 0.6 is 0 Å². The lowest BCUT2D eigenvalue weighted by Gasteiger charge is -2.26. The number of aryl methyl sites for hydroxylation is 1. The Balaban J connectivity index is 1.82. The van der Waals surface area contributed by atoms with Crippen LogP contribution in [0.15, 0.2) is 6.20 Å². The monoisotopic (exact) mass is 250 g/mol. The molecule has 1 saturated heterocycles. The van der Waals surface area contributed by atoms with Gasteiger partial charge in [-0.2, -0.15) is 0 Å². The molecule has 0 unspecified atom stereocenters. The fourth-order valence-electron chi connectivity index (χ4n) is 2.55. The summed E-state index contributed by atoms with van der Waals surface area (Å²) in [5, 5.41) is 3.47. The minimum absolute atomic E-state index is 0.462. The van der Waals surface area contributed by atoms with Crippen molar-refractivity contribution in [3.63, 3.8) is 0 Å². The molecule has 2 heterocycles. The van der Waals surface area contributed by atoms with E-state index in [1.807, 2.05) is 0 Å². The van der Waals surface area contributed by atoms with E-state index in [0.717, 1.165) is 24.7 Å². The van der Waals surface area contributed by atoms with Crippen molar-refractivity contribution in [2.24, 2.45) is 0 Å². The van der Waals surface area contributed by atoms with Gasteiger partial charge in [0.15, 0.2) is 0 Å². The Labute approximate surface area is 110 Å². The van der Waals surface area contributed by atoms with Crippen LogP contribution in [-0.4, -0.2) is 40.6 Å². The fraction of sp³-hybridized carbons (Fsp3) is 0.786. The van der Waals surface area contributed by atoms with Crippen LogP contribution in [0.25, 0.3) is 0 Å². The third-order valence-corrected chi connectivity index (χ3v) is 3.57. The second-order valence-corrected chi connectivity index (χ2v) is 5.54. The van der Waals surface area contributed by atoms with Crippen LogP contribution in [0, 0.1) is 6.92 Å². The van der Waals surface area contributed by atoms with Crippen molar-refractivity contribution in [2.75, 3.05) is 31.5 Å². The summed E-state index contributed by atoms with van der Waals surface area (Å²) in [6, 6.07) is 0.462. The maximum absolute atomic E-state index is 4.55. The number of piperidine rings is 1. The van der Waals surface area contributed by atoms with E-state index in [0.29, 0.717) is 6.04 Å². The predicted molar refractivity (Wildman–Crippen MR) is 76.1 cm³/mol. The van der Waals surface area contributed by atoms with Gasteiger partial charge in [-0.15, -0.1) is 0 Å². The molecule has 0 aliphatic carbocycles. The number of imidazole rings is 1. The van der Waals surface area contributed by atoms with Crippen molar-refractivity contribution < 1.29 is 0 Å². The molecule has 1 fully saturated rings. The number of hydrogen-bond donors (Lipinski definition) is 1. The van der Waals surface area contributed by atoms with Gasteiger partial charge in [0.2, 0.25) is 5.95 Å². The van der Waals surface area contributed by atoms with Crippen LogP contribution < -0.4 is 5.32 Å². The first kappa shape index (κ1) is 13.4. The van der Waals surface area contributed by atoms with E-state index in [2.05, 4.69) is 46.7 Å². The number of hydrogen-bond acceptors (Lipinski definition) is 3. The van der Waals surface area contributed by atoms with E-state index in [1.54, 1.807) is 0 Å². The molecule has 1 N–H and O–H groups in total. The van der Waals surface area contributed by atoms with Crippen molar-refractivity contribution in [2.45, 2.75) is 46.1 Å². The van der Waals surface area contributed by atoms with E-state index in [-0.39, 0.29) is 0 Å². The van der Waals surface area contributed by atoms with Gasteiger partial charge in [0, 0.05) is 25.3 Å². The van der Waals surface area contributed by atoms with E-state index < -0.39 is 0 Å². The quantitative estimate of drug-likeness (QED) is 0.872. The highest BCUT2D eigenvalue weighted by molar-refractivity contribution is 5.29. The smallest absolute Gasteiger partial charge is 0.203 e. The standard InChI is InChI=1S/C14H26N4/c1-12(2)18-11-13(3)16-14(18)15-7-10-17-8-5-4-6-9-17/h11-12H,4-10H2,1-3H3,(H,15,16). The highest BCUT2D eigenvalue weighted by Crippen LogP contribution is 2.15. The number of anilines is 1. The minimum atomic E-state index is 0.462. The largest absolute Gasteiger partial charge is 0.354 e. The highest BCUT2D eigenvalue weighted by Gasteiger charge is 2.11. The number of rotatable bonds is 5. The molecule has 1 aromatic heterocycles. The lowest BCUT2D eigenvalue weighted by atomic mass is 10.1. The number of aromatic nitrogens is 2. The minimum Gasteiger partial charge on any atom is -0.354 e. The highest BCUT2D eigenvalue weighted by atomic mass is 15.2. The fourth-order valence-corrected chi connectivity index (χ4v) is 2.55. The molecule has 0 radical (unpaired) electrons. The lowest BCUT2D eigenvalue weighted by Crippen LogP contribution is -2.34. The molecule has 1 aromatic rings. The van der Waals surface area contributed by atoms with Crippen molar-refractivity contribution >= 4 is 5.95 Å². The topological polar surface area (TPSA) is 33.1 Å². The lowest BCUT2D eigenvalue weighted by molar-refractivity contribution is 0.237. The molecule has 4 nitrogen and oxygen atoms in total. The molecule has 0 spiro atoms. The third kappa shape index (κ3) is 3.48. The maximum Gasteiger partial charge on any atom is 0.203 e. The Kier molecular flexibility index (Phi) is 4.64. The van der Waals surface area contributed by atoms with Crippen molar-refractivity contribution in [3.05, 3.63) is 11.9 Å². The zero-order chi connectivity index (χ0) is 13.0. The first-order valence-electron chi connectivity index (χ1n) is 7.18. The van der Waals surface area contributed by atoms with E-state index in [1.165, 1.54) is 32.4 Å². The molecule has 18 heavy (non-hydrogen) atoms. The molecule has 0 bridgehead atoms. The zero-order valence-corrected chi connectivity index (χ0v) is 11.9. The summed E-state index contributed by atoms with van der Waals surface area (Å²) in [6.07, 6.45) is 6.24. The summed E-state index contributed by atoms with van der Waals surface area (Å²) in [4.78, 5) is 7.10. The van der Waals surface area contributed by atoms with Gasteiger partial charge in [-0.25, -0.2) is 4.98 Å². The summed E-state index contributed by atoms with van der Waals surface area (Å²) < 4.78 is 2.21. The van der Waals surface area contributed by atoms with Crippen LogP contribution in [0.5, 0.6) is 0 Å². The van der Waals surface area contributed by atoms with Crippen LogP contribution in [0.2, 0.25) is 0 Å². The molecule has 0 amide bonds. The van der Waals surface area contributed by atoms with Gasteiger partial charge in [0.1, 0.15) is 0 Å². The molecule has 0 saturated carbocycles. The van der Waals surface area contributed by atoms with Gasteiger partial charge in [-0.3, -0.25) is 0 Å². The third-order valence-electron chi connectivity index (χ3n) is 3.57. The average Bonchev–Trinajstić information content (AvgIpc) is 2.72. The summed E-state index contributed by atoms with van der Waals surface area (Å²) in [5.41, 5.74) is 1.09. The molecular formula is C14H26N4. The van der Waals surface area contributed by atoms with Crippen molar-refractivity contribution in [1.82, 2.24) is 14.5 Å². The van der Waals surface area contributed by atoms with Crippen LogP contribution in [0.4, 0.5) is 5.95 Å². The summed E-state index contributed by atoms with van der Waals surface area (Å²) in [6.45, 7) is 11.1. The van der Waals surface area contributed by atoms with Gasteiger partial charge in [0.25, 0.3) is 0 Å². The molecule has 102 valence electrons. The van der Waals surface area contributed by atoms with E-state index in [9.17, 15) is 0 Å². The molecule has 0 atom stereocenters. The Hall–Kier alpha value is -1.03. The second-order valence-electron chi connectivity index (χ2n) is 5.54. The van der Waals surface area contributed by atoms with Gasteiger partial charge >= 0.3 is 0 Å². The van der Waals surface area contributed by atoms with Crippen LogP contribution in [-0.2, 0) is 0 Å². The Morgan fingerprint density at radius 1 is 1.28 bits per heavy atom. The molecule has 1 aliphatic heterocycles. The van der Waals surface area contributed by atoms with Gasteiger partial charge in [-0.1, -0.05) is 6.42 Å². The summed E-state index contributed by atoms with van der Waals surface area (Å²) in [5.74, 6) is 1.01. The number of nitrogens with one attached hydrogen (secondary N) is 1. The van der Waals surface area contributed by atoms with E-state index in [4.69, 9.17) is 0 Å². The number of nitrogens with zero attached hydrogens (tertiary/aromatic N) is 3. The van der Waals surface area contributed by atoms with Gasteiger partial charge < -0.3 is 14.8 Å². The van der Waals surface area contributed by atoms with Gasteiger partial charge in [0.05, 0.1) is 5.69 Å². The molecule has 1 aliphatic rings. The summed E-state index contributed by atoms with van der Waals surface area (Å²) in [7, 11) is 0. The summed E-state index contributed by atoms with van der Waals surface area (Å²) >= 11 is 0. The Morgan fingerprint density at radius 2 is 2.00 bits per heavy atom. The van der Waals surface area contributed by atoms with Crippen LogP contribution in [0.3, 0.4) is 0 Å². The normalized spacial score (nSPS) is 17.3. The first-order valence-corrected chi connectivity index (χ1v) is 7.18. The zero-order valence-electron chi connectivity index (χ0n) is 11.9. The molecule has 2 rings (SSSR count). The first-order chi connectivity index (χ1) is 8.66. The second kappa shape index (κ2) is 6.23. The SMILES string of the molecule is Cc1cn(C(C)C)c(NCCN2CCCCC2)n1. The maximum atomic E-state index is 4.55. The molecule has 4 heteroatoms. The van der Waals surface area contributed by atoms with Crippen LogP contribution in [0.1, 0.15) is 44.8 Å². The van der Waals surface area contributed by atoms with E-state index >= 15 is 0 Å². The predicted octanol–water partition coefficient (Wildman–Crippen LogP) is 2.67. The average molecular weight is 250 g/mol. The Morgan fingerprint density at radius 3 is 2.67 bits per heavy atom. The van der Waals surface area contributed by atoms with Crippen molar-refractivity contribution in [1.29, 1.82) is 0 Å². The number of likely N-dealkylation sites (tertiary alicyclic amines) is 1. The molecule has 0 aromatic carbocycles.